The predicted molar refractivity (Wildman–Crippen MR) is 101 cm³/mol. The molecule has 0 aliphatic rings. The number of hydrogen-bond acceptors (Lipinski definition) is 0. The monoisotopic (exact) mass is 380 g/mol. The van der Waals surface area contributed by atoms with Crippen molar-refractivity contribution in [2.45, 2.75) is 92.2 Å². The average Bonchev–Trinajstić information content (AvgIpc) is 2.92. The average molecular weight is 380 g/mol. The summed E-state index contributed by atoms with van der Waals surface area (Å²) in [6.07, 6.45) is 17.6. The predicted octanol–water partition coefficient (Wildman–Crippen LogP) is 6.51. The van der Waals surface area contributed by atoms with Gasteiger partial charge in [0.2, 0.25) is 6.33 Å². The second-order valence-electron chi connectivity index (χ2n) is 7.87. The van der Waals surface area contributed by atoms with Crippen LogP contribution in [0, 0.1) is 11.8 Å². The molecular weight excluding hydrogens is 343 g/mol. The van der Waals surface area contributed by atoms with Crippen LogP contribution in [0.25, 0.3) is 0 Å². The van der Waals surface area contributed by atoms with Gasteiger partial charge < -0.3 is 17.3 Å². The lowest BCUT2D eigenvalue weighted by Gasteiger charge is -2.03. The van der Waals surface area contributed by atoms with Gasteiger partial charge in [0.15, 0.2) is 0 Å². The fourth-order valence-electron chi connectivity index (χ4n) is 2.75. The van der Waals surface area contributed by atoms with Crippen LogP contribution in [0.1, 0.15) is 79.1 Å². The van der Waals surface area contributed by atoms with E-state index in [1.807, 2.05) is 0 Å². The Balaban J connectivity index is 0.00000110. The van der Waals surface area contributed by atoms with Gasteiger partial charge in [0.1, 0.15) is 12.4 Å². The van der Waals surface area contributed by atoms with Crippen LogP contribution in [0.15, 0.2) is 18.7 Å². The standard InChI is InChI=1S/C19H37N2.BF4/c1-18(2)11-7-5-9-13-20-15-16-21(17-20)14-10-6-8-12-19(3)4;2-1(3,4)5/h15-19H,5-14H2,1-4H3;/q+1;-1. The lowest BCUT2D eigenvalue weighted by molar-refractivity contribution is -0.696. The summed E-state index contributed by atoms with van der Waals surface area (Å²) in [5.41, 5.74) is 0. The molecule has 0 radical (unpaired) electrons. The second kappa shape index (κ2) is 14.1. The van der Waals surface area contributed by atoms with E-state index in [-0.39, 0.29) is 0 Å². The van der Waals surface area contributed by atoms with E-state index in [4.69, 9.17) is 0 Å². The molecule has 1 rings (SSSR count). The van der Waals surface area contributed by atoms with E-state index >= 15 is 0 Å². The Morgan fingerprint density at radius 3 is 1.81 bits per heavy atom. The van der Waals surface area contributed by atoms with Gasteiger partial charge in [-0.2, -0.15) is 0 Å². The highest BCUT2D eigenvalue weighted by molar-refractivity contribution is 6.50. The van der Waals surface area contributed by atoms with Crippen LogP contribution < -0.4 is 4.57 Å². The third-order valence-corrected chi connectivity index (χ3v) is 4.14. The van der Waals surface area contributed by atoms with Crippen molar-refractivity contribution in [2.24, 2.45) is 11.8 Å². The van der Waals surface area contributed by atoms with E-state index < -0.39 is 7.25 Å². The van der Waals surface area contributed by atoms with E-state index in [1.54, 1.807) is 0 Å². The van der Waals surface area contributed by atoms with Gasteiger partial charge in [-0.15, -0.1) is 0 Å². The summed E-state index contributed by atoms with van der Waals surface area (Å²) in [7, 11) is -6.00. The largest absolute Gasteiger partial charge is 0.673 e. The van der Waals surface area contributed by atoms with Crippen LogP contribution in [0.3, 0.4) is 0 Å². The summed E-state index contributed by atoms with van der Waals surface area (Å²) in [5, 5.41) is 0. The molecule has 26 heavy (non-hydrogen) atoms. The van der Waals surface area contributed by atoms with E-state index in [0.717, 1.165) is 11.8 Å². The van der Waals surface area contributed by atoms with Gasteiger partial charge in [0.05, 0.1) is 13.1 Å². The molecule has 0 saturated carbocycles. The molecule has 0 bridgehead atoms. The Morgan fingerprint density at radius 1 is 0.808 bits per heavy atom. The third kappa shape index (κ3) is 19.3. The quantitative estimate of drug-likeness (QED) is 0.169. The summed E-state index contributed by atoms with van der Waals surface area (Å²) in [6.45, 7) is 11.6. The lowest BCUT2D eigenvalue weighted by Crippen LogP contribution is -2.30. The Hall–Kier alpha value is -1.01. The zero-order chi connectivity index (χ0) is 20.0. The first kappa shape index (κ1) is 25.0. The molecule has 2 nitrogen and oxygen atoms in total. The zero-order valence-corrected chi connectivity index (χ0v) is 16.9. The van der Waals surface area contributed by atoms with E-state index in [0.29, 0.717) is 0 Å². The molecule has 1 aromatic rings. The summed E-state index contributed by atoms with van der Waals surface area (Å²) in [4.78, 5) is 0. The van der Waals surface area contributed by atoms with Crippen LogP contribution in [0.2, 0.25) is 0 Å². The van der Waals surface area contributed by atoms with E-state index in [1.165, 1.54) is 64.5 Å². The van der Waals surface area contributed by atoms with Crippen LogP contribution in [0.5, 0.6) is 0 Å². The normalized spacial score (nSPS) is 11.8. The first-order valence-corrected chi connectivity index (χ1v) is 10.00. The van der Waals surface area contributed by atoms with Crippen molar-refractivity contribution in [2.75, 3.05) is 0 Å². The summed E-state index contributed by atoms with van der Waals surface area (Å²) in [5.74, 6) is 1.71. The number of imidazole rings is 1. The SMILES string of the molecule is CC(C)CCCCCn1cc[n+](CCCCCC(C)C)c1.F[B-](F)(F)F. The van der Waals surface area contributed by atoms with Gasteiger partial charge in [-0.3, -0.25) is 0 Å². The molecule has 0 saturated heterocycles. The first-order valence-electron chi connectivity index (χ1n) is 10.00. The molecule has 154 valence electrons. The number of unbranched alkanes of at least 4 members (excludes halogenated alkanes) is 4. The number of nitrogens with zero attached hydrogens (tertiary/aromatic N) is 2. The number of rotatable bonds is 12. The molecule has 0 atom stereocenters. The molecule has 0 spiro atoms. The molecule has 0 fully saturated rings. The minimum absolute atomic E-state index is 0.856. The summed E-state index contributed by atoms with van der Waals surface area (Å²) < 4.78 is 43.7. The third-order valence-electron chi connectivity index (χ3n) is 4.14. The van der Waals surface area contributed by atoms with Crippen LogP contribution in [-0.4, -0.2) is 11.8 Å². The Labute approximate surface area is 157 Å². The van der Waals surface area contributed by atoms with Gasteiger partial charge in [-0.05, 0) is 37.5 Å². The maximum absolute atomic E-state index is 9.75. The first-order chi connectivity index (χ1) is 12.1. The van der Waals surface area contributed by atoms with E-state index in [9.17, 15) is 17.3 Å². The van der Waals surface area contributed by atoms with Gasteiger partial charge >= 0.3 is 7.25 Å². The molecule has 7 heteroatoms. The van der Waals surface area contributed by atoms with Crippen LogP contribution >= 0.6 is 0 Å². The Kier molecular flexibility index (Phi) is 13.6. The molecule has 1 aromatic heterocycles. The molecule has 0 unspecified atom stereocenters. The van der Waals surface area contributed by atoms with Crippen LogP contribution in [-0.2, 0) is 13.1 Å². The fraction of sp³-hybridized carbons (Fsp3) is 0.842. The van der Waals surface area contributed by atoms with Gasteiger partial charge in [-0.25, -0.2) is 9.13 Å². The van der Waals surface area contributed by atoms with Crippen molar-refractivity contribution >= 4 is 7.25 Å². The maximum atomic E-state index is 9.75. The van der Waals surface area contributed by atoms with Gasteiger partial charge in [0, 0.05) is 0 Å². The van der Waals surface area contributed by atoms with Crippen molar-refractivity contribution in [1.82, 2.24) is 4.57 Å². The maximum Gasteiger partial charge on any atom is 0.673 e. The molecule has 0 aliphatic carbocycles. The van der Waals surface area contributed by atoms with E-state index in [2.05, 4.69) is 55.6 Å². The minimum Gasteiger partial charge on any atom is -0.418 e. The number of aryl methyl sites for hydroxylation is 2. The minimum atomic E-state index is -6.00. The summed E-state index contributed by atoms with van der Waals surface area (Å²) >= 11 is 0. The number of hydrogen-bond donors (Lipinski definition) is 0. The molecular formula is C19H37BF4N2. The Morgan fingerprint density at radius 2 is 1.31 bits per heavy atom. The Bertz CT molecular complexity index is 406. The van der Waals surface area contributed by atoms with Crippen molar-refractivity contribution in [3.63, 3.8) is 0 Å². The number of aromatic nitrogens is 2. The van der Waals surface area contributed by atoms with Gasteiger partial charge in [-0.1, -0.05) is 53.4 Å². The molecule has 0 N–H and O–H groups in total. The van der Waals surface area contributed by atoms with Crippen molar-refractivity contribution in [3.05, 3.63) is 18.7 Å². The summed E-state index contributed by atoms with van der Waals surface area (Å²) in [6, 6.07) is 0. The molecule has 0 amide bonds. The van der Waals surface area contributed by atoms with Crippen molar-refractivity contribution in [3.8, 4) is 0 Å². The molecule has 0 aromatic carbocycles. The highest BCUT2D eigenvalue weighted by Crippen LogP contribution is 2.09. The topological polar surface area (TPSA) is 8.81 Å². The van der Waals surface area contributed by atoms with Crippen LogP contribution in [0.4, 0.5) is 17.3 Å². The zero-order valence-electron chi connectivity index (χ0n) is 16.9. The fourth-order valence-corrected chi connectivity index (χ4v) is 2.75. The second-order valence-corrected chi connectivity index (χ2v) is 7.87. The number of halogens is 4. The van der Waals surface area contributed by atoms with Crippen molar-refractivity contribution in [1.29, 1.82) is 0 Å². The van der Waals surface area contributed by atoms with Crippen molar-refractivity contribution < 1.29 is 21.8 Å². The molecule has 0 aliphatic heterocycles. The highest BCUT2D eigenvalue weighted by atomic mass is 19.5. The molecule has 1 heterocycles. The smallest absolute Gasteiger partial charge is 0.418 e. The lowest BCUT2D eigenvalue weighted by atomic mass is 10.1. The van der Waals surface area contributed by atoms with Gasteiger partial charge in [0.25, 0.3) is 0 Å². The highest BCUT2D eigenvalue weighted by Gasteiger charge is 2.20.